The number of hydrogen-bond donors (Lipinski definition) is 3. The lowest BCUT2D eigenvalue weighted by Crippen LogP contribution is -2.42. The summed E-state index contributed by atoms with van der Waals surface area (Å²) in [6, 6.07) is 2.30. The molecule has 0 aliphatic heterocycles. The summed E-state index contributed by atoms with van der Waals surface area (Å²) in [4.78, 5) is 26.6. The number of methoxy groups -OCH3 is 1. The van der Waals surface area contributed by atoms with E-state index in [2.05, 4.69) is 10.3 Å². The number of pyridine rings is 1. The number of carbonyl (C=O) groups excluding carboxylic acids is 1. The van der Waals surface area contributed by atoms with Gasteiger partial charge in [0.2, 0.25) is 5.91 Å². The third-order valence-electron chi connectivity index (χ3n) is 2.43. The first-order chi connectivity index (χ1) is 9.02. The Morgan fingerprint density at radius 1 is 1.53 bits per heavy atom. The molecule has 1 amide bonds. The lowest BCUT2D eigenvalue weighted by molar-refractivity contribution is -0.142. The van der Waals surface area contributed by atoms with Gasteiger partial charge < -0.3 is 20.9 Å². The summed E-state index contributed by atoms with van der Waals surface area (Å²) in [5.74, 6) is -1.49. The van der Waals surface area contributed by atoms with Gasteiger partial charge in [0.1, 0.15) is 6.04 Å². The van der Waals surface area contributed by atoms with Gasteiger partial charge in [-0.05, 0) is 12.1 Å². The molecule has 0 saturated carbocycles. The van der Waals surface area contributed by atoms with Crippen molar-refractivity contribution in [2.24, 2.45) is 0 Å². The SMILES string of the molecule is COCCC(NC(=O)Cc1ccc(N)cn1)C(=O)O. The third-order valence-corrected chi connectivity index (χ3v) is 2.43. The Bertz CT molecular complexity index is 433. The predicted octanol–water partition coefficient (Wildman–Crippen LogP) is -0.188. The zero-order valence-electron chi connectivity index (χ0n) is 10.6. The minimum atomic E-state index is -1.09. The summed E-state index contributed by atoms with van der Waals surface area (Å²) in [5.41, 5.74) is 6.52. The summed E-state index contributed by atoms with van der Waals surface area (Å²) in [7, 11) is 1.47. The second kappa shape index (κ2) is 7.32. The summed E-state index contributed by atoms with van der Waals surface area (Å²) >= 11 is 0. The molecule has 0 aromatic carbocycles. The van der Waals surface area contributed by atoms with Crippen molar-refractivity contribution >= 4 is 17.6 Å². The van der Waals surface area contributed by atoms with Crippen molar-refractivity contribution in [2.75, 3.05) is 19.5 Å². The van der Waals surface area contributed by atoms with Crippen LogP contribution in [-0.4, -0.2) is 41.7 Å². The molecule has 104 valence electrons. The van der Waals surface area contributed by atoms with Crippen molar-refractivity contribution < 1.29 is 19.4 Å². The molecule has 0 spiro atoms. The quantitative estimate of drug-likeness (QED) is 0.631. The third kappa shape index (κ3) is 5.35. The van der Waals surface area contributed by atoms with Gasteiger partial charge >= 0.3 is 5.97 Å². The first-order valence-electron chi connectivity index (χ1n) is 5.74. The van der Waals surface area contributed by atoms with Crippen molar-refractivity contribution in [3.05, 3.63) is 24.0 Å². The minimum absolute atomic E-state index is 0.0110. The Morgan fingerprint density at radius 3 is 2.79 bits per heavy atom. The number of anilines is 1. The average molecular weight is 267 g/mol. The topological polar surface area (TPSA) is 115 Å². The van der Waals surface area contributed by atoms with Crippen molar-refractivity contribution in [2.45, 2.75) is 18.9 Å². The molecule has 0 aliphatic rings. The van der Waals surface area contributed by atoms with Gasteiger partial charge in [-0.1, -0.05) is 0 Å². The Kier molecular flexibility index (Phi) is 5.74. The lowest BCUT2D eigenvalue weighted by atomic mass is 10.2. The molecule has 19 heavy (non-hydrogen) atoms. The van der Waals surface area contributed by atoms with Gasteiger partial charge in [-0.2, -0.15) is 0 Å². The highest BCUT2D eigenvalue weighted by molar-refractivity contribution is 5.84. The Labute approximate surface area is 110 Å². The molecule has 0 bridgehead atoms. The molecule has 7 heteroatoms. The molecule has 1 aromatic heterocycles. The van der Waals surface area contributed by atoms with Gasteiger partial charge in [-0.25, -0.2) is 4.79 Å². The number of aliphatic carboxylic acids is 1. The largest absolute Gasteiger partial charge is 0.480 e. The average Bonchev–Trinajstić information content (AvgIpc) is 2.37. The second-order valence-electron chi connectivity index (χ2n) is 4.00. The second-order valence-corrected chi connectivity index (χ2v) is 4.00. The smallest absolute Gasteiger partial charge is 0.326 e. The molecule has 1 atom stereocenters. The van der Waals surface area contributed by atoms with Crippen LogP contribution in [-0.2, 0) is 20.7 Å². The number of ether oxygens (including phenoxy) is 1. The van der Waals surface area contributed by atoms with Gasteiger partial charge in [0.15, 0.2) is 0 Å². The number of nitrogen functional groups attached to an aromatic ring is 1. The van der Waals surface area contributed by atoms with Crippen LogP contribution in [0.5, 0.6) is 0 Å². The van der Waals surface area contributed by atoms with Crippen molar-refractivity contribution in [1.29, 1.82) is 0 Å². The summed E-state index contributed by atoms with van der Waals surface area (Å²) in [6.07, 6.45) is 1.67. The Hall–Kier alpha value is -2.15. The van der Waals surface area contributed by atoms with Crippen LogP contribution in [0, 0.1) is 0 Å². The van der Waals surface area contributed by atoms with Crippen LogP contribution in [0.25, 0.3) is 0 Å². The molecule has 0 radical (unpaired) electrons. The van der Waals surface area contributed by atoms with Crippen LogP contribution in [0.3, 0.4) is 0 Å². The van der Waals surface area contributed by atoms with E-state index in [-0.39, 0.29) is 19.4 Å². The summed E-state index contributed by atoms with van der Waals surface area (Å²) in [6.45, 7) is 0.261. The van der Waals surface area contributed by atoms with Gasteiger partial charge in [-0.3, -0.25) is 9.78 Å². The van der Waals surface area contributed by atoms with E-state index in [1.807, 2.05) is 0 Å². The number of nitrogens with zero attached hydrogens (tertiary/aromatic N) is 1. The van der Waals surface area contributed by atoms with Crippen LogP contribution < -0.4 is 11.1 Å². The highest BCUT2D eigenvalue weighted by atomic mass is 16.5. The zero-order chi connectivity index (χ0) is 14.3. The number of carbonyl (C=O) groups is 2. The van der Waals surface area contributed by atoms with E-state index >= 15 is 0 Å². The molecule has 7 nitrogen and oxygen atoms in total. The number of amides is 1. The van der Waals surface area contributed by atoms with Crippen molar-refractivity contribution in [3.63, 3.8) is 0 Å². The van der Waals surface area contributed by atoms with E-state index < -0.39 is 17.9 Å². The number of nitrogens with one attached hydrogen (secondary N) is 1. The molecule has 0 saturated heterocycles. The Morgan fingerprint density at radius 2 is 2.26 bits per heavy atom. The van der Waals surface area contributed by atoms with E-state index in [0.717, 1.165) is 0 Å². The maximum Gasteiger partial charge on any atom is 0.326 e. The first kappa shape index (κ1) is 14.9. The maximum absolute atomic E-state index is 11.7. The number of nitrogens with two attached hydrogens (primary N) is 1. The molecule has 1 unspecified atom stereocenters. The lowest BCUT2D eigenvalue weighted by Gasteiger charge is -2.13. The van der Waals surface area contributed by atoms with Crippen molar-refractivity contribution in [3.8, 4) is 0 Å². The fourth-order valence-electron chi connectivity index (χ4n) is 1.44. The minimum Gasteiger partial charge on any atom is -0.480 e. The van der Waals surface area contributed by atoms with Gasteiger partial charge in [-0.15, -0.1) is 0 Å². The fourth-order valence-corrected chi connectivity index (χ4v) is 1.44. The number of aromatic nitrogens is 1. The molecule has 1 heterocycles. The van der Waals surface area contributed by atoms with Crippen LogP contribution in [0.4, 0.5) is 5.69 Å². The van der Waals surface area contributed by atoms with Crippen LogP contribution in [0.2, 0.25) is 0 Å². The van der Waals surface area contributed by atoms with E-state index in [9.17, 15) is 9.59 Å². The first-order valence-corrected chi connectivity index (χ1v) is 5.74. The van der Waals surface area contributed by atoms with Gasteiger partial charge in [0.05, 0.1) is 18.3 Å². The normalized spacial score (nSPS) is 11.8. The van der Waals surface area contributed by atoms with E-state index in [4.69, 9.17) is 15.6 Å². The molecule has 1 aromatic rings. The van der Waals surface area contributed by atoms with Crippen LogP contribution in [0.15, 0.2) is 18.3 Å². The fraction of sp³-hybridized carbons (Fsp3) is 0.417. The van der Waals surface area contributed by atoms with Crippen molar-refractivity contribution in [1.82, 2.24) is 10.3 Å². The predicted molar refractivity (Wildman–Crippen MR) is 68.4 cm³/mol. The standard InChI is InChI=1S/C12H17N3O4/c1-19-5-4-10(12(17)18)15-11(16)6-9-3-2-8(13)7-14-9/h2-3,7,10H,4-6,13H2,1H3,(H,15,16)(H,17,18). The monoisotopic (exact) mass is 267 g/mol. The molecule has 0 aliphatic carbocycles. The molecule has 0 fully saturated rings. The highest BCUT2D eigenvalue weighted by Gasteiger charge is 2.19. The molecular formula is C12H17N3O4. The van der Waals surface area contributed by atoms with Crippen LogP contribution in [0.1, 0.15) is 12.1 Å². The number of rotatable bonds is 7. The maximum atomic E-state index is 11.7. The molecule has 4 N–H and O–H groups in total. The van der Waals surface area contributed by atoms with E-state index in [1.54, 1.807) is 12.1 Å². The molecular weight excluding hydrogens is 250 g/mol. The summed E-state index contributed by atoms with van der Waals surface area (Å²) < 4.78 is 4.79. The zero-order valence-corrected chi connectivity index (χ0v) is 10.6. The van der Waals surface area contributed by atoms with Gasteiger partial charge in [0, 0.05) is 25.8 Å². The van der Waals surface area contributed by atoms with E-state index in [1.165, 1.54) is 13.3 Å². The number of carboxylic acid groups (broad SMARTS) is 1. The van der Waals surface area contributed by atoms with Crippen LogP contribution >= 0.6 is 0 Å². The van der Waals surface area contributed by atoms with Gasteiger partial charge in [0.25, 0.3) is 0 Å². The molecule has 1 rings (SSSR count). The van der Waals surface area contributed by atoms with E-state index in [0.29, 0.717) is 11.4 Å². The highest BCUT2D eigenvalue weighted by Crippen LogP contribution is 2.02. The Balaban J connectivity index is 2.52. The number of carboxylic acids is 1. The number of hydrogen-bond acceptors (Lipinski definition) is 5. The summed E-state index contributed by atoms with van der Waals surface area (Å²) in [5, 5.41) is 11.4.